The number of primary amides is 1. The Bertz CT molecular complexity index is 1220. The van der Waals surface area contributed by atoms with Gasteiger partial charge in [0, 0.05) is 29.3 Å². The molecule has 2 fully saturated rings. The maximum Gasteiger partial charge on any atom is 0.254 e. The summed E-state index contributed by atoms with van der Waals surface area (Å²) >= 11 is 0. The summed E-state index contributed by atoms with van der Waals surface area (Å²) in [5.74, 6) is 2.23. The summed E-state index contributed by atoms with van der Waals surface area (Å²) in [6, 6.07) is 9.30. The molecule has 3 aromatic rings. The monoisotopic (exact) mass is 461 g/mol. The molecule has 9 nitrogen and oxygen atoms in total. The maximum absolute atomic E-state index is 12.6. The van der Waals surface area contributed by atoms with Crippen LogP contribution in [0.25, 0.3) is 11.3 Å². The average molecular weight is 462 g/mol. The number of nitrogen functional groups attached to an aromatic ring is 1. The molecule has 3 atom stereocenters. The molecule has 178 valence electrons. The second-order valence-corrected chi connectivity index (χ2v) is 9.92. The van der Waals surface area contributed by atoms with Crippen LogP contribution in [0.1, 0.15) is 73.1 Å². The molecule has 5 rings (SSSR count). The number of benzene rings is 1. The molecule has 34 heavy (non-hydrogen) atoms. The number of H-pyrrole nitrogens is 1. The molecular formula is C25H31N7O2. The van der Waals surface area contributed by atoms with Crippen LogP contribution >= 0.6 is 0 Å². The number of aromatic amines is 1. The number of carbonyl (C=O) groups excluding carboxylic acids is 2. The topological polar surface area (TPSA) is 145 Å². The van der Waals surface area contributed by atoms with Crippen molar-refractivity contribution in [1.82, 2.24) is 20.0 Å². The van der Waals surface area contributed by atoms with Crippen molar-refractivity contribution in [2.24, 2.45) is 17.6 Å². The van der Waals surface area contributed by atoms with Crippen LogP contribution in [0.5, 0.6) is 0 Å². The van der Waals surface area contributed by atoms with Gasteiger partial charge in [-0.1, -0.05) is 30.7 Å². The molecule has 2 heterocycles. The number of hydrogen-bond donors (Lipinski definition) is 4. The first-order valence-electron chi connectivity index (χ1n) is 11.9. The normalized spacial score (nSPS) is 21.3. The third-order valence-corrected chi connectivity index (χ3v) is 7.28. The summed E-state index contributed by atoms with van der Waals surface area (Å²) < 4.78 is 1.59. The fraction of sp³-hybridized carbons (Fsp3) is 0.440. The van der Waals surface area contributed by atoms with Gasteiger partial charge in [0.2, 0.25) is 5.91 Å². The Morgan fingerprint density at radius 2 is 1.97 bits per heavy atom. The van der Waals surface area contributed by atoms with Crippen LogP contribution in [0.2, 0.25) is 0 Å². The van der Waals surface area contributed by atoms with E-state index in [9.17, 15) is 9.59 Å². The van der Waals surface area contributed by atoms with Crippen LogP contribution in [-0.2, 0) is 11.2 Å². The maximum atomic E-state index is 12.6. The van der Waals surface area contributed by atoms with Gasteiger partial charge in [-0.15, -0.1) is 0 Å². The highest BCUT2D eigenvalue weighted by atomic mass is 16.2. The lowest BCUT2D eigenvalue weighted by molar-refractivity contribution is -0.115. The zero-order valence-corrected chi connectivity index (χ0v) is 19.5. The predicted octanol–water partition coefficient (Wildman–Crippen LogP) is 3.62. The Labute approximate surface area is 198 Å². The number of rotatable bonds is 7. The molecule has 2 aliphatic rings. The second-order valence-electron chi connectivity index (χ2n) is 9.92. The molecule has 3 unspecified atom stereocenters. The predicted molar refractivity (Wildman–Crippen MR) is 130 cm³/mol. The number of nitrogens with zero attached hydrogens (tertiary/aromatic N) is 3. The van der Waals surface area contributed by atoms with E-state index in [1.165, 1.54) is 25.7 Å². The second kappa shape index (κ2) is 8.62. The number of nitrogens with two attached hydrogens (primary N) is 2. The molecule has 1 aromatic carbocycles. The molecule has 2 bridgehead atoms. The van der Waals surface area contributed by atoms with Gasteiger partial charge in [-0.2, -0.15) is 10.2 Å². The van der Waals surface area contributed by atoms with E-state index < -0.39 is 5.91 Å². The van der Waals surface area contributed by atoms with Gasteiger partial charge >= 0.3 is 0 Å². The molecule has 0 saturated heterocycles. The van der Waals surface area contributed by atoms with E-state index in [0.717, 1.165) is 23.1 Å². The smallest absolute Gasteiger partial charge is 0.254 e. The summed E-state index contributed by atoms with van der Waals surface area (Å²) in [5.41, 5.74) is 15.0. The van der Waals surface area contributed by atoms with Crippen molar-refractivity contribution in [2.45, 2.75) is 57.9 Å². The fourth-order valence-electron chi connectivity index (χ4n) is 5.66. The Hall–Kier alpha value is -3.62. The van der Waals surface area contributed by atoms with E-state index in [-0.39, 0.29) is 29.8 Å². The van der Waals surface area contributed by atoms with Gasteiger partial charge in [-0.05, 0) is 50.5 Å². The third-order valence-electron chi connectivity index (χ3n) is 7.28. The Kier molecular flexibility index (Phi) is 5.63. The van der Waals surface area contributed by atoms with E-state index in [2.05, 4.69) is 20.6 Å². The number of anilines is 2. The van der Waals surface area contributed by atoms with Gasteiger partial charge in [0.05, 0.1) is 6.42 Å². The lowest BCUT2D eigenvalue weighted by Gasteiger charge is -2.19. The van der Waals surface area contributed by atoms with Crippen molar-refractivity contribution < 1.29 is 9.59 Å². The van der Waals surface area contributed by atoms with E-state index in [4.69, 9.17) is 11.5 Å². The number of nitrogens with one attached hydrogen (secondary N) is 2. The summed E-state index contributed by atoms with van der Waals surface area (Å²) in [6.07, 6.45) is 5.42. The first kappa shape index (κ1) is 22.2. The van der Waals surface area contributed by atoms with Crippen LogP contribution in [-0.4, -0.2) is 31.8 Å². The van der Waals surface area contributed by atoms with Crippen molar-refractivity contribution in [2.75, 3.05) is 11.1 Å². The minimum atomic E-state index is -0.619. The van der Waals surface area contributed by atoms with Crippen LogP contribution in [0, 0.1) is 11.8 Å². The summed E-state index contributed by atoms with van der Waals surface area (Å²) in [5, 5.41) is 14.8. The van der Waals surface area contributed by atoms with E-state index in [1.807, 2.05) is 44.2 Å². The standard InChI is InChI=1S/C25H31N7O2/c1-13(2)32-24(26)22(25(27)34)23(31-32)16-6-3-14(4-7-16)11-21(33)28-20-12-19(29-30-20)18-10-15-5-8-17(18)9-15/h3-4,6-7,12-13,15,17-18H,5,8-11,26H2,1-2H3,(H2,27,34)(H2,28,29,30,33). The summed E-state index contributed by atoms with van der Waals surface area (Å²) in [4.78, 5) is 24.6. The number of aromatic nitrogens is 4. The first-order chi connectivity index (χ1) is 16.3. The van der Waals surface area contributed by atoms with Crippen molar-refractivity contribution in [1.29, 1.82) is 0 Å². The van der Waals surface area contributed by atoms with E-state index in [1.54, 1.807) is 4.68 Å². The zero-order chi connectivity index (χ0) is 24.0. The highest BCUT2D eigenvalue weighted by molar-refractivity contribution is 6.03. The van der Waals surface area contributed by atoms with Gasteiger partial charge in [-0.3, -0.25) is 14.7 Å². The number of amides is 2. The van der Waals surface area contributed by atoms with Crippen LogP contribution < -0.4 is 16.8 Å². The van der Waals surface area contributed by atoms with Gasteiger partial charge in [0.25, 0.3) is 5.91 Å². The van der Waals surface area contributed by atoms with Crippen LogP contribution in [0.4, 0.5) is 11.6 Å². The Balaban J connectivity index is 1.25. The fourth-order valence-corrected chi connectivity index (χ4v) is 5.66. The molecule has 0 radical (unpaired) electrons. The molecule has 2 amide bonds. The molecule has 2 aliphatic carbocycles. The minimum absolute atomic E-state index is 0.0128. The van der Waals surface area contributed by atoms with Crippen molar-refractivity contribution >= 4 is 23.5 Å². The van der Waals surface area contributed by atoms with Gasteiger partial charge in [0.1, 0.15) is 17.1 Å². The van der Waals surface area contributed by atoms with Crippen molar-refractivity contribution in [3.8, 4) is 11.3 Å². The molecule has 2 aromatic heterocycles. The van der Waals surface area contributed by atoms with Gasteiger partial charge in [-0.25, -0.2) is 4.68 Å². The number of carbonyl (C=O) groups is 2. The number of hydrogen-bond acceptors (Lipinski definition) is 5. The highest BCUT2D eigenvalue weighted by Crippen LogP contribution is 2.52. The van der Waals surface area contributed by atoms with Gasteiger partial charge in [0.15, 0.2) is 5.82 Å². The molecule has 0 spiro atoms. The van der Waals surface area contributed by atoms with Crippen LogP contribution in [0.3, 0.4) is 0 Å². The minimum Gasteiger partial charge on any atom is -0.383 e. The average Bonchev–Trinajstić information content (AvgIpc) is 3.57. The van der Waals surface area contributed by atoms with E-state index in [0.29, 0.717) is 23.0 Å². The molecule has 2 saturated carbocycles. The molecule has 0 aliphatic heterocycles. The Morgan fingerprint density at radius 1 is 1.21 bits per heavy atom. The van der Waals surface area contributed by atoms with Gasteiger partial charge < -0.3 is 16.8 Å². The molecule has 9 heteroatoms. The third kappa shape index (κ3) is 4.06. The van der Waals surface area contributed by atoms with Crippen molar-refractivity contribution in [3.63, 3.8) is 0 Å². The first-order valence-corrected chi connectivity index (χ1v) is 11.9. The van der Waals surface area contributed by atoms with Crippen molar-refractivity contribution in [3.05, 3.63) is 47.2 Å². The molecular weight excluding hydrogens is 430 g/mol. The zero-order valence-electron chi connectivity index (χ0n) is 19.5. The van der Waals surface area contributed by atoms with Crippen LogP contribution in [0.15, 0.2) is 30.3 Å². The SMILES string of the molecule is CC(C)n1nc(-c2ccc(CC(=O)Nc3cc(C4CC5CCC4C5)[nH]n3)cc2)c(C(N)=O)c1N. The number of fused-ring (bicyclic) bond motifs is 2. The largest absolute Gasteiger partial charge is 0.383 e. The quantitative estimate of drug-likeness (QED) is 0.425. The lowest BCUT2D eigenvalue weighted by atomic mass is 9.86. The summed E-state index contributed by atoms with van der Waals surface area (Å²) in [7, 11) is 0. The summed E-state index contributed by atoms with van der Waals surface area (Å²) in [6.45, 7) is 3.86. The lowest BCUT2D eigenvalue weighted by Crippen LogP contribution is -2.15. The van der Waals surface area contributed by atoms with E-state index >= 15 is 0 Å². The Morgan fingerprint density at radius 3 is 2.59 bits per heavy atom. The highest BCUT2D eigenvalue weighted by Gasteiger charge is 2.41. The molecule has 6 N–H and O–H groups in total.